The molecule has 158 valence electrons. The summed E-state index contributed by atoms with van der Waals surface area (Å²) in [5, 5.41) is 11.6. The Kier molecular flexibility index (Phi) is 7.31. The number of nitrogens with one attached hydrogen (secondary N) is 1. The number of carbonyl (C=O) groups excluding carboxylic acids is 1. The Balaban J connectivity index is 1.71. The van der Waals surface area contributed by atoms with Crippen LogP contribution in [0.5, 0.6) is 5.75 Å². The van der Waals surface area contributed by atoms with Gasteiger partial charge in [-0.25, -0.2) is 4.39 Å². The van der Waals surface area contributed by atoms with Crippen LogP contribution in [0.2, 0.25) is 0 Å². The van der Waals surface area contributed by atoms with Crippen LogP contribution in [-0.2, 0) is 11.3 Å². The van der Waals surface area contributed by atoms with Gasteiger partial charge in [-0.2, -0.15) is 5.26 Å². The highest BCUT2D eigenvalue weighted by Crippen LogP contribution is 2.23. The molecule has 0 fully saturated rings. The first-order valence-corrected chi connectivity index (χ1v) is 9.67. The van der Waals surface area contributed by atoms with Gasteiger partial charge in [-0.05, 0) is 54.4 Å². The molecule has 0 aliphatic rings. The van der Waals surface area contributed by atoms with Gasteiger partial charge in [-0.1, -0.05) is 6.07 Å². The Bertz CT molecular complexity index is 1130. The summed E-state index contributed by atoms with van der Waals surface area (Å²) in [6, 6.07) is 15.2. The van der Waals surface area contributed by atoms with E-state index in [2.05, 4.69) is 10.3 Å². The molecule has 0 radical (unpaired) electrons. The van der Waals surface area contributed by atoms with Crippen molar-refractivity contribution in [3.8, 4) is 23.1 Å². The zero-order valence-electron chi connectivity index (χ0n) is 17.3. The zero-order valence-corrected chi connectivity index (χ0v) is 17.3. The molecule has 6 nitrogen and oxygen atoms in total. The van der Waals surface area contributed by atoms with Gasteiger partial charge in [0, 0.05) is 37.0 Å². The molecule has 1 amide bonds. The second kappa shape index (κ2) is 10.3. The molecule has 0 aliphatic carbocycles. The number of aromatic nitrogens is 1. The van der Waals surface area contributed by atoms with Crippen molar-refractivity contribution in [2.75, 3.05) is 20.3 Å². The highest BCUT2D eigenvalue weighted by molar-refractivity contribution is 5.96. The standard InChI is InChI=1S/C24H22FN3O3/c1-16-11-18(4-6-21(16)24(29)28-9-10-30-2)23-12-17(7-8-27-23)15-31-20-5-3-19(14-26)22(25)13-20/h3-8,11-13H,9-10,15H2,1-2H3,(H,28,29). The van der Waals surface area contributed by atoms with Crippen LogP contribution in [0.15, 0.2) is 54.7 Å². The summed E-state index contributed by atoms with van der Waals surface area (Å²) >= 11 is 0. The van der Waals surface area contributed by atoms with Gasteiger partial charge >= 0.3 is 0 Å². The minimum absolute atomic E-state index is 0.0234. The zero-order chi connectivity index (χ0) is 22.2. The predicted octanol–water partition coefficient (Wildman–Crippen LogP) is 4.02. The molecule has 1 N–H and O–H groups in total. The molecule has 1 aromatic heterocycles. The van der Waals surface area contributed by atoms with E-state index in [1.54, 1.807) is 31.5 Å². The number of hydrogen-bond acceptors (Lipinski definition) is 5. The lowest BCUT2D eigenvalue weighted by molar-refractivity contribution is 0.0936. The first-order chi connectivity index (χ1) is 15.0. The van der Waals surface area contributed by atoms with E-state index in [0.29, 0.717) is 24.5 Å². The number of halogens is 1. The Morgan fingerprint density at radius 1 is 1.19 bits per heavy atom. The van der Waals surface area contributed by atoms with E-state index in [-0.39, 0.29) is 18.1 Å². The molecule has 0 saturated heterocycles. The molecule has 0 bridgehead atoms. The molecule has 0 spiro atoms. The highest BCUT2D eigenvalue weighted by atomic mass is 19.1. The van der Waals surface area contributed by atoms with Gasteiger partial charge in [0.2, 0.25) is 0 Å². The normalized spacial score (nSPS) is 10.4. The Morgan fingerprint density at radius 3 is 2.74 bits per heavy atom. The van der Waals surface area contributed by atoms with Crippen molar-refractivity contribution < 1.29 is 18.7 Å². The molecule has 3 aromatic rings. The minimum atomic E-state index is -0.614. The summed E-state index contributed by atoms with van der Waals surface area (Å²) in [7, 11) is 1.58. The maximum atomic E-state index is 13.7. The number of nitrogens with zero attached hydrogens (tertiary/aromatic N) is 2. The van der Waals surface area contributed by atoms with Crippen LogP contribution in [0.3, 0.4) is 0 Å². The molecule has 0 saturated carbocycles. The molecular weight excluding hydrogens is 397 g/mol. The number of aryl methyl sites for hydroxylation is 1. The van der Waals surface area contributed by atoms with Gasteiger partial charge in [0.1, 0.15) is 24.2 Å². The summed E-state index contributed by atoms with van der Waals surface area (Å²) in [6.45, 7) is 3.00. The van der Waals surface area contributed by atoms with Crippen LogP contribution in [0, 0.1) is 24.1 Å². The van der Waals surface area contributed by atoms with Crippen molar-refractivity contribution in [2.45, 2.75) is 13.5 Å². The SMILES string of the molecule is COCCNC(=O)c1ccc(-c2cc(COc3ccc(C#N)c(F)c3)ccn2)cc1C. The monoisotopic (exact) mass is 419 g/mol. The molecule has 3 rings (SSSR count). The average molecular weight is 419 g/mol. The van der Waals surface area contributed by atoms with Gasteiger partial charge < -0.3 is 14.8 Å². The number of ether oxygens (including phenoxy) is 2. The quantitative estimate of drug-likeness (QED) is 0.558. The van der Waals surface area contributed by atoms with Crippen LogP contribution in [0.25, 0.3) is 11.3 Å². The van der Waals surface area contributed by atoms with E-state index in [1.807, 2.05) is 31.2 Å². The molecule has 0 atom stereocenters. The Labute approximate surface area is 180 Å². The lowest BCUT2D eigenvalue weighted by Crippen LogP contribution is -2.27. The third-order valence-electron chi connectivity index (χ3n) is 4.65. The van der Waals surface area contributed by atoms with Crippen molar-refractivity contribution in [1.82, 2.24) is 10.3 Å². The van der Waals surface area contributed by atoms with Gasteiger partial charge in [0.15, 0.2) is 0 Å². The van der Waals surface area contributed by atoms with Crippen molar-refractivity contribution in [3.63, 3.8) is 0 Å². The van der Waals surface area contributed by atoms with Crippen LogP contribution in [-0.4, -0.2) is 31.2 Å². The van der Waals surface area contributed by atoms with Crippen molar-refractivity contribution in [2.24, 2.45) is 0 Å². The lowest BCUT2D eigenvalue weighted by Gasteiger charge is -2.11. The fourth-order valence-electron chi connectivity index (χ4n) is 3.00. The molecule has 1 heterocycles. The Morgan fingerprint density at radius 2 is 2.03 bits per heavy atom. The first-order valence-electron chi connectivity index (χ1n) is 9.67. The van der Waals surface area contributed by atoms with Crippen LogP contribution < -0.4 is 10.1 Å². The van der Waals surface area contributed by atoms with Crippen LogP contribution in [0.4, 0.5) is 4.39 Å². The molecule has 0 aliphatic heterocycles. The summed E-state index contributed by atoms with van der Waals surface area (Å²) in [4.78, 5) is 16.7. The number of pyridine rings is 1. The van der Waals surface area contributed by atoms with E-state index in [1.165, 1.54) is 12.1 Å². The number of carbonyl (C=O) groups is 1. The fourth-order valence-corrected chi connectivity index (χ4v) is 3.00. The number of methoxy groups -OCH3 is 1. The van der Waals surface area contributed by atoms with Crippen molar-refractivity contribution in [3.05, 3.63) is 82.8 Å². The predicted molar refractivity (Wildman–Crippen MR) is 114 cm³/mol. The summed E-state index contributed by atoms with van der Waals surface area (Å²) in [5.74, 6) is -0.419. The van der Waals surface area contributed by atoms with Gasteiger partial charge in [0.05, 0.1) is 17.9 Å². The highest BCUT2D eigenvalue weighted by Gasteiger charge is 2.11. The van der Waals surface area contributed by atoms with E-state index in [9.17, 15) is 9.18 Å². The maximum Gasteiger partial charge on any atom is 0.251 e. The number of amides is 1. The van der Waals surface area contributed by atoms with E-state index < -0.39 is 5.82 Å². The molecule has 7 heteroatoms. The number of benzene rings is 2. The minimum Gasteiger partial charge on any atom is -0.489 e. The number of rotatable bonds is 8. The topological polar surface area (TPSA) is 84.2 Å². The number of nitriles is 1. The largest absolute Gasteiger partial charge is 0.489 e. The molecule has 31 heavy (non-hydrogen) atoms. The van der Waals surface area contributed by atoms with Gasteiger partial charge in [-0.3, -0.25) is 9.78 Å². The number of hydrogen-bond donors (Lipinski definition) is 1. The molecule has 2 aromatic carbocycles. The van der Waals surface area contributed by atoms with Gasteiger partial charge in [0.25, 0.3) is 5.91 Å². The Hall–Kier alpha value is -3.76. The smallest absolute Gasteiger partial charge is 0.251 e. The maximum absolute atomic E-state index is 13.7. The van der Waals surface area contributed by atoms with Crippen molar-refractivity contribution in [1.29, 1.82) is 5.26 Å². The van der Waals surface area contributed by atoms with Crippen LogP contribution >= 0.6 is 0 Å². The average Bonchev–Trinajstić information content (AvgIpc) is 2.78. The summed E-state index contributed by atoms with van der Waals surface area (Å²) in [6.07, 6.45) is 1.67. The second-order valence-electron chi connectivity index (χ2n) is 6.87. The van der Waals surface area contributed by atoms with E-state index >= 15 is 0 Å². The third-order valence-corrected chi connectivity index (χ3v) is 4.65. The fraction of sp³-hybridized carbons (Fsp3) is 0.208. The van der Waals surface area contributed by atoms with E-state index in [0.717, 1.165) is 22.4 Å². The van der Waals surface area contributed by atoms with Crippen LogP contribution in [0.1, 0.15) is 27.0 Å². The summed E-state index contributed by atoms with van der Waals surface area (Å²) in [5.41, 5.74) is 3.88. The van der Waals surface area contributed by atoms with Crippen molar-refractivity contribution >= 4 is 5.91 Å². The third kappa shape index (κ3) is 5.65. The summed E-state index contributed by atoms with van der Waals surface area (Å²) < 4.78 is 24.3. The molecule has 0 unspecified atom stereocenters. The van der Waals surface area contributed by atoms with Gasteiger partial charge in [-0.15, -0.1) is 0 Å². The first kappa shape index (κ1) is 21.9. The second-order valence-corrected chi connectivity index (χ2v) is 6.87. The van der Waals surface area contributed by atoms with E-state index in [4.69, 9.17) is 14.7 Å². The lowest BCUT2D eigenvalue weighted by atomic mass is 10.0. The molecular formula is C24H22FN3O3.